The number of nitrogens with zero attached hydrogens (tertiary/aromatic N) is 2. The third kappa shape index (κ3) is 10.1. The second-order valence-electron chi connectivity index (χ2n) is 4.88. The minimum absolute atomic E-state index is 0. The molecule has 0 aliphatic rings. The molecule has 1 aromatic rings. The van der Waals surface area contributed by atoms with Crippen LogP contribution >= 0.6 is 35.3 Å². The van der Waals surface area contributed by atoms with Crippen LogP contribution in [-0.2, 0) is 15.9 Å². The van der Waals surface area contributed by atoms with Gasteiger partial charge in [0.05, 0.1) is 23.9 Å². The molecule has 0 aliphatic heterocycles. The van der Waals surface area contributed by atoms with Gasteiger partial charge in [-0.25, -0.2) is 4.98 Å². The van der Waals surface area contributed by atoms with E-state index >= 15 is 0 Å². The largest absolute Gasteiger partial charge is 0.382 e. The molecule has 0 aliphatic carbocycles. The summed E-state index contributed by atoms with van der Waals surface area (Å²) in [6.45, 7) is 7.85. The highest BCUT2D eigenvalue weighted by Gasteiger charge is 2.04. The molecule has 0 saturated carbocycles. The fourth-order valence-electron chi connectivity index (χ4n) is 1.78. The molecular formula is C15H29IN4O2S. The number of methoxy groups -OCH3 is 1. The molecule has 0 fully saturated rings. The van der Waals surface area contributed by atoms with Crippen LogP contribution in [0.3, 0.4) is 0 Å². The summed E-state index contributed by atoms with van der Waals surface area (Å²) in [6.07, 6.45) is 1.86. The van der Waals surface area contributed by atoms with Gasteiger partial charge in [-0.3, -0.25) is 4.99 Å². The molecule has 8 heteroatoms. The van der Waals surface area contributed by atoms with Crippen molar-refractivity contribution in [3.05, 3.63) is 15.6 Å². The van der Waals surface area contributed by atoms with Crippen LogP contribution in [0.4, 0.5) is 0 Å². The highest BCUT2D eigenvalue weighted by Crippen LogP contribution is 2.16. The Morgan fingerprint density at radius 2 is 1.91 bits per heavy atom. The molecule has 0 bridgehead atoms. The van der Waals surface area contributed by atoms with Crippen molar-refractivity contribution in [2.75, 3.05) is 47.1 Å². The number of aliphatic imine (C=N–C) groups is 1. The van der Waals surface area contributed by atoms with Gasteiger partial charge in [0.25, 0.3) is 0 Å². The monoisotopic (exact) mass is 456 g/mol. The van der Waals surface area contributed by atoms with Crippen molar-refractivity contribution in [1.82, 2.24) is 15.6 Å². The van der Waals surface area contributed by atoms with Crippen molar-refractivity contribution >= 4 is 41.3 Å². The molecule has 1 heterocycles. The van der Waals surface area contributed by atoms with Crippen LogP contribution in [0.15, 0.2) is 4.99 Å². The van der Waals surface area contributed by atoms with Gasteiger partial charge in [-0.05, 0) is 20.3 Å². The van der Waals surface area contributed by atoms with Gasteiger partial charge in [-0.2, -0.15) is 0 Å². The zero-order chi connectivity index (χ0) is 16.2. The predicted molar refractivity (Wildman–Crippen MR) is 107 cm³/mol. The van der Waals surface area contributed by atoms with E-state index in [9.17, 15) is 0 Å². The van der Waals surface area contributed by atoms with Crippen molar-refractivity contribution in [3.63, 3.8) is 0 Å². The summed E-state index contributed by atoms with van der Waals surface area (Å²) in [5.41, 5.74) is 1.14. The van der Waals surface area contributed by atoms with Gasteiger partial charge in [-0.1, -0.05) is 0 Å². The number of nitrogens with one attached hydrogen (secondary N) is 2. The average molecular weight is 456 g/mol. The zero-order valence-corrected chi connectivity index (χ0v) is 17.6. The quantitative estimate of drug-likeness (QED) is 0.245. The first-order chi connectivity index (χ1) is 10.7. The second-order valence-corrected chi connectivity index (χ2v) is 6.17. The van der Waals surface area contributed by atoms with Gasteiger partial charge in [0.15, 0.2) is 5.96 Å². The molecule has 2 N–H and O–H groups in total. The Morgan fingerprint density at radius 3 is 2.52 bits per heavy atom. The molecule has 0 amide bonds. The summed E-state index contributed by atoms with van der Waals surface area (Å²) in [7, 11) is 3.46. The van der Waals surface area contributed by atoms with Crippen molar-refractivity contribution in [3.8, 4) is 0 Å². The summed E-state index contributed by atoms with van der Waals surface area (Å²) in [4.78, 5) is 10.0. The van der Waals surface area contributed by atoms with Crippen LogP contribution in [0.2, 0.25) is 0 Å². The first-order valence-electron chi connectivity index (χ1n) is 7.61. The van der Waals surface area contributed by atoms with E-state index in [-0.39, 0.29) is 24.0 Å². The highest BCUT2D eigenvalue weighted by atomic mass is 127. The maximum absolute atomic E-state index is 5.41. The Morgan fingerprint density at radius 1 is 1.17 bits per heavy atom. The van der Waals surface area contributed by atoms with Gasteiger partial charge in [0, 0.05) is 45.2 Å². The highest BCUT2D eigenvalue weighted by molar-refractivity contribution is 14.0. The number of hydrogen-bond donors (Lipinski definition) is 2. The van der Waals surface area contributed by atoms with Gasteiger partial charge >= 0.3 is 0 Å². The lowest BCUT2D eigenvalue weighted by atomic mass is 10.4. The van der Waals surface area contributed by atoms with Crippen molar-refractivity contribution in [2.45, 2.75) is 26.7 Å². The lowest BCUT2D eigenvalue weighted by Crippen LogP contribution is -2.39. The van der Waals surface area contributed by atoms with Crippen LogP contribution in [0, 0.1) is 13.8 Å². The van der Waals surface area contributed by atoms with Gasteiger partial charge in [-0.15, -0.1) is 35.3 Å². The van der Waals surface area contributed by atoms with Crippen LogP contribution in [0.5, 0.6) is 0 Å². The average Bonchev–Trinajstić information content (AvgIpc) is 2.83. The number of guanidine groups is 1. The maximum Gasteiger partial charge on any atom is 0.190 e. The third-order valence-electron chi connectivity index (χ3n) is 3.12. The molecule has 0 atom stereocenters. The van der Waals surface area contributed by atoms with E-state index in [4.69, 9.17) is 9.47 Å². The van der Waals surface area contributed by atoms with Crippen molar-refractivity contribution < 1.29 is 9.47 Å². The normalized spacial score (nSPS) is 11.2. The molecule has 1 aromatic heterocycles. The molecule has 23 heavy (non-hydrogen) atoms. The van der Waals surface area contributed by atoms with E-state index in [1.165, 1.54) is 9.88 Å². The Labute approximate surface area is 160 Å². The summed E-state index contributed by atoms with van der Waals surface area (Å²) in [6, 6.07) is 0. The number of aromatic nitrogens is 1. The summed E-state index contributed by atoms with van der Waals surface area (Å²) < 4.78 is 10.3. The third-order valence-corrected chi connectivity index (χ3v) is 4.25. The topological polar surface area (TPSA) is 67.8 Å². The molecule has 0 radical (unpaired) electrons. The molecule has 1 rings (SSSR count). The number of aryl methyl sites for hydroxylation is 2. The fraction of sp³-hybridized carbons (Fsp3) is 0.733. The lowest BCUT2D eigenvalue weighted by Gasteiger charge is -2.11. The molecule has 134 valence electrons. The van der Waals surface area contributed by atoms with E-state index in [2.05, 4.69) is 34.5 Å². The Kier molecular flexibility index (Phi) is 13.7. The van der Waals surface area contributed by atoms with E-state index in [0.717, 1.165) is 44.2 Å². The van der Waals surface area contributed by atoms with E-state index in [1.54, 1.807) is 25.5 Å². The molecule has 0 spiro atoms. The lowest BCUT2D eigenvalue weighted by molar-refractivity contribution is 0.0698. The van der Waals surface area contributed by atoms with Crippen LogP contribution in [0.25, 0.3) is 0 Å². The van der Waals surface area contributed by atoms with Crippen molar-refractivity contribution in [2.24, 2.45) is 4.99 Å². The summed E-state index contributed by atoms with van der Waals surface area (Å²) in [5, 5.41) is 7.75. The second kappa shape index (κ2) is 13.9. The Balaban J connectivity index is 0.00000484. The molecular weight excluding hydrogens is 427 g/mol. The smallest absolute Gasteiger partial charge is 0.190 e. The number of hydrogen-bond acceptors (Lipinski definition) is 5. The van der Waals surface area contributed by atoms with E-state index in [1.807, 2.05) is 0 Å². The first-order valence-corrected chi connectivity index (χ1v) is 8.43. The molecule has 0 unspecified atom stereocenters. The number of rotatable bonds is 10. The Bertz CT molecular complexity index is 435. The zero-order valence-electron chi connectivity index (χ0n) is 14.5. The van der Waals surface area contributed by atoms with Gasteiger partial charge in [0.1, 0.15) is 0 Å². The van der Waals surface area contributed by atoms with Crippen LogP contribution in [-0.4, -0.2) is 58.0 Å². The predicted octanol–water partition coefficient (Wildman–Crippen LogP) is 2.14. The SMILES string of the molecule is CN=C(NCCCOCCOC)NCCc1nc(C)c(C)s1.I. The first kappa shape index (κ1) is 22.6. The maximum atomic E-state index is 5.41. The summed E-state index contributed by atoms with van der Waals surface area (Å²) >= 11 is 1.77. The molecule has 0 saturated heterocycles. The Hall–Kier alpha value is -0.450. The molecule has 0 aromatic carbocycles. The van der Waals surface area contributed by atoms with Crippen LogP contribution in [0.1, 0.15) is 22.0 Å². The van der Waals surface area contributed by atoms with Crippen LogP contribution < -0.4 is 10.6 Å². The molecule has 6 nitrogen and oxygen atoms in total. The number of halogens is 1. The van der Waals surface area contributed by atoms with Gasteiger partial charge in [0.2, 0.25) is 0 Å². The minimum atomic E-state index is 0. The van der Waals surface area contributed by atoms with Gasteiger partial charge < -0.3 is 20.1 Å². The number of thiazole rings is 1. The fourth-order valence-corrected chi connectivity index (χ4v) is 2.71. The minimum Gasteiger partial charge on any atom is -0.382 e. The standard InChI is InChI=1S/C15H28N4O2S.HI/c1-12-13(2)22-14(19-12)6-8-18-15(16-3)17-7-5-9-21-11-10-20-4;/h5-11H2,1-4H3,(H2,16,17,18);1H. The van der Waals surface area contributed by atoms with E-state index in [0.29, 0.717) is 13.2 Å². The van der Waals surface area contributed by atoms with Crippen molar-refractivity contribution in [1.29, 1.82) is 0 Å². The number of ether oxygens (including phenoxy) is 2. The van der Waals surface area contributed by atoms with E-state index < -0.39 is 0 Å². The summed E-state index contributed by atoms with van der Waals surface area (Å²) in [5.74, 6) is 0.821.